The predicted octanol–water partition coefficient (Wildman–Crippen LogP) is 5.75. The van der Waals surface area contributed by atoms with E-state index in [1.165, 1.54) is 12.1 Å². The molecule has 0 fully saturated rings. The van der Waals surface area contributed by atoms with E-state index in [9.17, 15) is 18.0 Å². The van der Waals surface area contributed by atoms with Crippen LogP contribution in [-0.4, -0.2) is 17.6 Å². The zero-order valence-electron chi connectivity index (χ0n) is 13.6. The minimum absolute atomic E-state index is 0.0651. The van der Waals surface area contributed by atoms with Crippen LogP contribution < -0.4 is 0 Å². The lowest BCUT2D eigenvalue weighted by atomic mass is 10.0. The van der Waals surface area contributed by atoms with E-state index in [2.05, 4.69) is 4.98 Å². The fourth-order valence-corrected chi connectivity index (χ4v) is 2.68. The third-order valence-corrected chi connectivity index (χ3v) is 4.02. The van der Waals surface area contributed by atoms with Gasteiger partial charge in [-0.15, -0.1) is 0 Å². The number of aromatic nitrogens is 1. The summed E-state index contributed by atoms with van der Waals surface area (Å²) in [4.78, 5) is 16.6. The van der Waals surface area contributed by atoms with Crippen LogP contribution in [-0.2, 0) is 10.9 Å². The fourth-order valence-electron chi connectivity index (χ4n) is 2.55. The maximum atomic E-state index is 13.0. The molecular weight excluding hydrogens is 367 g/mol. The summed E-state index contributed by atoms with van der Waals surface area (Å²) in [6.45, 7) is 1.81. The summed E-state index contributed by atoms with van der Waals surface area (Å²) in [6, 6.07) is 11.2. The van der Waals surface area contributed by atoms with Crippen molar-refractivity contribution in [3.63, 3.8) is 0 Å². The number of ether oxygens (including phenoxy) is 1. The molecule has 3 aromatic rings. The molecule has 0 aliphatic rings. The van der Waals surface area contributed by atoms with Crippen LogP contribution in [0.2, 0.25) is 5.02 Å². The predicted molar refractivity (Wildman–Crippen MR) is 93.1 cm³/mol. The summed E-state index contributed by atoms with van der Waals surface area (Å²) in [5.74, 6) is -0.616. The number of carbonyl (C=O) groups is 1. The van der Waals surface area contributed by atoms with Crippen molar-refractivity contribution < 1.29 is 22.7 Å². The quantitative estimate of drug-likeness (QED) is 0.544. The van der Waals surface area contributed by atoms with Crippen LogP contribution in [0, 0.1) is 0 Å². The van der Waals surface area contributed by atoms with Gasteiger partial charge in [-0.3, -0.25) is 0 Å². The first-order chi connectivity index (χ1) is 12.3. The Hall–Kier alpha value is -2.60. The lowest BCUT2D eigenvalue weighted by Gasteiger charge is -2.12. The molecule has 0 spiro atoms. The van der Waals surface area contributed by atoms with E-state index in [-0.39, 0.29) is 17.7 Å². The third-order valence-electron chi connectivity index (χ3n) is 3.77. The van der Waals surface area contributed by atoms with Gasteiger partial charge in [-0.2, -0.15) is 13.2 Å². The highest BCUT2D eigenvalue weighted by molar-refractivity contribution is 6.30. The molecule has 134 valence electrons. The molecule has 0 N–H and O–H groups in total. The van der Waals surface area contributed by atoms with Crippen molar-refractivity contribution in [2.75, 3.05) is 6.61 Å². The first kappa shape index (κ1) is 18.2. The van der Waals surface area contributed by atoms with Gasteiger partial charge in [0, 0.05) is 16.0 Å². The number of hydrogen-bond acceptors (Lipinski definition) is 3. The van der Waals surface area contributed by atoms with Gasteiger partial charge >= 0.3 is 12.1 Å². The molecule has 3 rings (SSSR count). The summed E-state index contributed by atoms with van der Waals surface area (Å²) in [7, 11) is 0. The van der Waals surface area contributed by atoms with Gasteiger partial charge in [0.1, 0.15) is 0 Å². The van der Waals surface area contributed by atoms with E-state index >= 15 is 0 Å². The molecule has 1 heterocycles. The maximum Gasteiger partial charge on any atom is 0.416 e. The van der Waals surface area contributed by atoms with Crippen molar-refractivity contribution in [2.45, 2.75) is 13.1 Å². The summed E-state index contributed by atoms with van der Waals surface area (Å²) >= 11 is 5.87. The second-order valence-electron chi connectivity index (χ2n) is 5.51. The molecule has 7 heteroatoms. The van der Waals surface area contributed by atoms with Crippen LogP contribution in [0.15, 0.2) is 48.5 Å². The van der Waals surface area contributed by atoms with Gasteiger partial charge < -0.3 is 4.74 Å². The van der Waals surface area contributed by atoms with Gasteiger partial charge in [-0.25, -0.2) is 9.78 Å². The second-order valence-corrected chi connectivity index (χ2v) is 5.95. The largest absolute Gasteiger partial charge is 0.462 e. The minimum atomic E-state index is -4.50. The van der Waals surface area contributed by atoms with Crippen LogP contribution in [0.4, 0.5) is 13.2 Å². The average molecular weight is 380 g/mol. The van der Waals surface area contributed by atoms with E-state index in [0.717, 1.165) is 12.1 Å². The molecule has 26 heavy (non-hydrogen) atoms. The highest BCUT2D eigenvalue weighted by Gasteiger charge is 2.31. The first-order valence-corrected chi connectivity index (χ1v) is 8.12. The highest BCUT2D eigenvalue weighted by atomic mass is 35.5. The van der Waals surface area contributed by atoms with Crippen LogP contribution in [0.25, 0.3) is 22.2 Å². The normalized spacial score (nSPS) is 11.6. The molecule has 0 amide bonds. The molecule has 0 unspecified atom stereocenters. The lowest BCUT2D eigenvalue weighted by Crippen LogP contribution is -2.08. The number of hydrogen-bond donors (Lipinski definition) is 0. The van der Waals surface area contributed by atoms with E-state index in [1.54, 1.807) is 31.2 Å². The Balaban J connectivity index is 2.25. The number of pyridine rings is 1. The van der Waals surface area contributed by atoms with Gasteiger partial charge in [0.15, 0.2) is 0 Å². The molecule has 0 radical (unpaired) electrons. The zero-order valence-corrected chi connectivity index (χ0v) is 14.4. The molecule has 0 saturated heterocycles. The van der Waals surface area contributed by atoms with E-state index in [1.807, 2.05) is 0 Å². The molecule has 0 saturated carbocycles. The second kappa shape index (κ2) is 6.96. The van der Waals surface area contributed by atoms with Crippen molar-refractivity contribution in [1.29, 1.82) is 0 Å². The van der Waals surface area contributed by atoms with E-state index in [0.29, 0.717) is 21.7 Å². The van der Waals surface area contributed by atoms with Crippen molar-refractivity contribution >= 4 is 28.5 Å². The minimum Gasteiger partial charge on any atom is -0.462 e. The molecule has 0 aliphatic heterocycles. The van der Waals surface area contributed by atoms with Crippen LogP contribution >= 0.6 is 11.6 Å². The van der Waals surface area contributed by atoms with Crippen molar-refractivity contribution in [3.8, 4) is 11.3 Å². The number of rotatable bonds is 3. The summed E-state index contributed by atoms with van der Waals surface area (Å²) < 4.78 is 44.1. The Kier molecular flexibility index (Phi) is 4.87. The average Bonchev–Trinajstić information content (AvgIpc) is 2.60. The van der Waals surface area contributed by atoms with E-state index in [4.69, 9.17) is 16.3 Å². The Morgan fingerprint density at radius 2 is 1.81 bits per heavy atom. The number of nitrogens with zero attached hydrogens (tertiary/aromatic N) is 1. The lowest BCUT2D eigenvalue weighted by molar-refractivity contribution is -0.137. The van der Waals surface area contributed by atoms with Crippen molar-refractivity contribution in [3.05, 3.63) is 64.7 Å². The van der Waals surface area contributed by atoms with E-state index < -0.39 is 17.7 Å². The monoisotopic (exact) mass is 379 g/mol. The first-order valence-electron chi connectivity index (χ1n) is 7.74. The third kappa shape index (κ3) is 3.65. The standard InChI is InChI=1S/C19H13ClF3NO2/c1-2-26-18(25)15-10-16(11-3-6-13(20)7-4-11)24-17-9-12(19(21,22)23)5-8-14(15)17/h3-10H,2H2,1H3. The molecule has 0 atom stereocenters. The number of esters is 1. The van der Waals surface area contributed by atoms with Gasteiger partial charge in [0.05, 0.1) is 28.9 Å². The van der Waals surface area contributed by atoms with Crippen molar-refractivity contribution in [1.82, 2.24) is 4.98 Å². The molecular formula is C19H13ClF3NO2. The molecule has 2 aromatic carbocycles. The zero-order chi connectivity index (χ0) is 18.9. The fraction of sp³-hybridized carbons (Fsp3) is 0.158. The van der Waals surface area contributed by atoms with Crippen molar-refractivity contribution in [2.24, 2.45) is 0 Å². The Morgan fingerprint density at radius 1 is 1.12 bits per heavy atom. The molecule has 0 aliphatic carbocycles. The summed E-state index contributed by atoms with van der Waals surface area (Å²) in [5.41, 5.74) is 0.377. The molecule has 1 aromatic heterocycles. The number of halogens is 4. The number of fused-ring (bicyclic) bond motifs is 1. The van der Waals surface area contributed by atoms with Gasteiger partial charge in [-0.05, 0) is 37.3 Å². The van der Waals surface area contributed by atoms with Crippen LogP contribution in [0.1, 0.15) is 22.8 Å². The Labute approximate surface area is 152 Å². The Bertz CT molecular complexity index is 969. The number of alkyl halides is 3. The number of benzene rings is 2. The molecule has 3 nitrogen and oxygen atoms in total. The summed E-state index contributed by atoms with van der Waals surface area (Å²) in [5, 5.41) is 0.814. The SMILES string of the molecule is CCOC(=O)c1cc(-c2ccc(Cl)cc2)nc2cc(C(F)(F)F)ccc12. The van der Waals surface area contributed by atoms with Crippen LogP contribution in [0.5, 0.6) is 0 Å². The smallest absolute Gasteiger partial charge is 0.416 e. The van der Waals surface area contributed by atoms with Crippen LogP contribution in [0.3, 0.4) is 0 Å². The van der Waals surface area contributed by atoms with Gasteiger partial charge in [-0.1, -0.05) is 29.8 Å². The maximum absolute atomic E-state index is 13.0. The highest BCUT2D eigenvalue weighted by Crippen LogP contribution is 2.33. The molecule has 0 bridgehead atoms. The number of carbonyl (C=O) groups excluding carboxylic acids is 1. The van der Waals surface area contributed by atoms with Gasteiger partial charge in [0.2, 0.25) is 0 Å². The van der Waals surface area contributed by atoms with Gasteiger partial charge in [0.25, 0.3) is 0 Å². The Morgan fingerprint density at radius 3 is 2.42 bits per heavy atom. The topological polar surface area (TPSA) is 39.2 Å². The summed E-state index contributed by atoms with van der Waals surface area (Å²) in [6.07, 6.45) is -4.50.